The summed E-state index contributed by atoms with van der Waals surface area (Å²) in [5.74, 6) is 0.812. The zero-order valence-electron chi connectivity index (χ0n) is 18.0. The number of amides is 1. The van der Waals surface area contributed by atoms with E-state index >= 15 is 0 Å². The minimum absolute atomic E-state index is 0.0355. The molecule has 0 spiro atoms. The molecule has 1 unspecified atom stereocenters. The molecule has 1 aliphatic rings. The first-order valence-corrected chi connectivity index (χ1v) is 11.2. The molecule has 3 aromatic carbocycles. The number of fused-ring (bicyclic) bond motifs is 1. The van der Waals surface area contributed by atoms with Gasteiger partial charge in [0.05, 0.1) is 22.5 Å². The van der Waals surface area contributed by atoms with Crippen LogP contribution in [0.1, 0.15) is 35.8 Å². The molecule has 1 aliphatic heterocycles. The highest BCUT2D eigenvalue weighted by molar-refractivity contribution is 5.89. The first-order valence-electron chi connectivity index (χ1n) is 11.2. The summed E-state index contributed by atoms with van der Waals surface area (Å²) in [6, 6.07) is 28.0. The molecule has 0 saturated carbocycles. The Hall–Kier alpha value is -3.44. The largest absolute Gasteiger partial charge is 0.381 e. The number of hydrogen-bond acceptors (Lipinski definition) is 3. The number of ether oxygens (including phenoxy) is 1. The number of carbonyl (C=O) groups excluding carboxylic acids is 1. The monoisotopic (exact) mass is 425 g/mol. The number of aromatic amines is 1. The second-order valence-electron chi connectivity index (χ2n) is 8.42. The normalized spacial score (nSPS) is 16.5. The summed E-state index contributed by atoms with van der Waals surface area (Å²) in [7, 11) is 0. The predicted molar refractivity (Wildman–Crippen MR) is 125 cm³/mol. The Morgan fingerprint density at radius 2 is 1.59 bits per heavy atom. The Morgan fingerprint density at radius 3 is 2.31 bits per heavy atom. The minimum Gasteiger partial charge on any atom is -0.381 e. The molecule has 1 atom stereocenters. The average molecular weight is 426 g/mol. The van der Waals surface area contributed by atoms with Gasteiger partial charge in [0.1, 0.15) is 5.82 Å². The van der Waals surface area contributed by atoms with Gasteiger partial charge in [-0.1, -0.05) is 72.8 Å². The summed E-state index contributed by atoms with van der Waals surface area (Å²) < 4.78 is 5.62. The molecule has 4 aromatic rings. The molecule has 5 rings (SSSR count). The number of carbonyl (C=O) groups is 1. The number of rotatable bonds is 6. The molecule has 32 heavy (non-hydrogen) atoms. The number of nitrogens with one attached hydrogen (secondary N) is 2. The lowest BCUT2D eigenvalue weighted by atomic mass is 9.73. The second-order valence-corrected chi connectivity index (χ2v) is 8.42. The Bertz CT molecular complexity index is 1150. The molecular formula is C27H27N3O2. The van der Waals surface area contributed by atoms with Crippen LogP contribution in [0.2, 0.25) is 0 Å². The van der Waals surface area contributed by atoms with Crippen molar-refractivity contribution in [3.63, 3.8) is 0 Å². The molecule has 5 heteroatoms. The molecule has 0 bridgehead atoms. The van der Waals surface area contributed by atoms with Crippen molar-refractivity contribution in [2.75, 3.05) is 13.2 Å². The van der Waals surface area contributed by atoms with Crippen molar-refractivity contribution in [3.8, 4) is 0 Å². The summed E-state index contributed by atoms with van der Waals surface area (Å²) in [5.41, 5.74) is 3.47. The number of aromatic nitrogens is 2. The lowest BCUT2D eigenvalue weighted by Crippen LogP contribution is -2.49. The van der Waals surface area contributed by atoms with Gasteiger partial charge in [0, 0.05) is 13.2 Å². The van der Waals surface area contributed by atoms with E-state index in [1.54, 1.807) is 0 Å². The molecule has 2 N–H and O–H groups in total. The molecule has 162 valence electrons. The van der Waals surface area contributed by atoms with Crippen molar-refractivity contribution < 1.29 is 9.53 Å². The van der Waals surface area contributed by atoms with Gasteiger partial charge in [-0.25, -0.2) is 4.98 Å². The highest BCUT2D eigenvalue weighted by Crippen LogP contribution is 2.36. The first kappa shape index (κ1) is 20.5. The highest BCUT2D eigenvalue weighted by Gasteiger charge is 2.42. The predicted octanol–water partition coefficient (Wildman–Crippen LogP) is 4.71. The van der Waals surface area contributed by atoms with Crippen LogP contribution in [0, 0.1) is 0 Å². The summed E-state index contributed by atoms with van der Waals surface area (Å²) >= 11 is 0. The molecular weight excluding hydrogens is 398 g/mol. The highest BCUT2D eigenvalue weighted by atomic mass is 16.5. The Labute approximate surface area is 187 Å². The van der Waals surface area contributed by atoms with E-state index in [9.17, 15) is 4.79 Å². The van der Waals surface area contributed by atoms with Gasteiger partial charge in [-0.05, 0) is 42.5 Å². The van der Waals surface area contributed by atoms with Crippen LogP contribution < -0.4 is 5.32 Å². The van der Waals surface area contributed by atoms with E-state index in [0.29, 0.717) is 32.5 Å². The van der Waals surface area contributed by atoms with Crippen LogP contribution in [0.3, 0.4) is 0 Å². The number of imidazole rings is 1. The average Bonchev–Trinajstić information content (AvgIpc) is 3.29. The van der Waals surface area contributed by atoms with Gasteiger partial charge in [-0.3, -0.25) is 4.79 Å². The molecule has 1 amide bonds. The quantitative estimate of drug-likeness (QED) is 0.470. The van der Waals surface area contributed by atoms with E-state index in [1.165, 1.54) is 0 Å². The SMILES string of the molecule is O=C(NC(Cc1ccccc1)c1nc2ccccc2[nH]1)C1(c2ccccc2)CCOCC1. The lowest BCUT2D eigenvalue weighted by molar-refractivity contribution is -0.131. The molecule has 0 radical (unpaired) electrons. The smallest absolute Gasteiger partial charge is 0.231 e. The van der Waals surface area contributed by atoms with Crippen molar-refractivity contribution in [1.82, 2.24) is 15.3 Å². The zero-order chi connectivity index (χ0) is 21.8. The van der Waals surface area contributed by atoms with Crippen molar-refractivity contribution in [3.05, 3.63) is 102 Å². The van der Waals surface area contributed by atoms with E-state index in [-0.39, 0.29) is 11.9 Å². The van der Waals surface area contributed by atoms with E-state index in [4.69, 9.17) is 9.72 Å². The fraction of sp³-hybridized carbons (Fsp3) is 0.259. The number of nitrogens with zero attached hydrogens (tertiary/aromatic N) is 1. The Kier molecular flexibility index (Phi) is 5.73. The molecule has 0 aliphatic carbocycles. The van der Waals surface area contributed by atoms with Crippen molar-refractivity contribution in [1.29, 1.82) is 0 Å². The van der Waals surface area contributed by atoms with Crippen LogP contribution in [0.15, 0.2) is 84.9 Å². The van der Waals surface area contributed by atoms with Crippen LogP contribution >= 0.6 is 0 Å². The van der Waals surface area contributed by atoms with E-state index in [0.717, 1.165) is 28.0 Å². The van der Waals surface area contributed by atoms with E-state index in [1.807, 2.05) is 60.7 Å². The van der Waals surface area contributed by atoms with Gasteiger partial charge >= 0.3 is 0 Å². The molecule has 1 fully saturated rings. The van der Waals surface area contributed by atoms with E-state index in [2.05, 4.69) is 34.6 Å². The van der Waals surface area contributed by atoms with Crippen LogP contribution in [-0.4, -0.2) is 29.1 Å². The van der Waals surface area contributed by atoms with Gasteiger partial charge in [-0.15, -0.1) is 0 Å². The number of hydrogen-bond donors (Lipinski definition) is 2. The number of para-hydroxylation sites is 2. The van der Waals surface area contributed by atoms with Crippen molar-refractivity contribution in [2.24, 2.45) is 0 Å². The van der Waals surface area contributed by atoms with Crippen LogP contribution in [0.25, 0.3) is 11.0 Å². The zero-order valence-corrected chi connectivity index (χ0v) is 18.0. The minimum atomic E-state index is -0.597. The van der Waals surface area contributed by atoms with E-state index < -0.39 is 5.41 Å². The van der Waals surface area contributed by atoms with Crippen molar-refractivity contribution in [2.45, 2.75) is 30.7 Å². The topological polar surface area (TPSA) is 67.0 Å². The third kappa shape index (κ3) is 4.04. The molecule has 1 saturated heterocycles. The first-order chi connectivity index (χ1) is 15.7. The van der Waals surface area contributed by atoms with Crippen LogP contribution in [0.5, 0.6) is 0 Å². The summed E-state index contributed by atoms with van der Waals surface area (Å²) in [5, 5.41) is 3.36. The molecule has 1 aromatic heterocycles. The van der Waals surface area contributed by atoms with Gasteiger partial charge < -0.3 is 15.0 Å². The summed E-state index contributed by atoms with van der Waals surface area (Å²) in [6.45, 7) is 1.16. The van der Waals surface area contributed by atoms with Crippen molar-refractivity contribution >= 4 is 16.9 Å². The summed E-state index contributed by atoms with van der Waals surface area (Å²) in [6.07, 6.45) is 2.00. The number of H-pyrrole nitrogens is 1. The molecule has 2 heterocycles. The fourth-order valence-corrected chi connectivity index (χ4v) is 4.62. The fourth-order valence-electron chi connectivity index (χ4n) is 4.62. The second kappa shape index (κ2) is 8.97. The van der Waals surface area contributed by atoms with Gasteiger partial charge in [0.15, 0.2) is 0 Å². The van der Waals surface area contributed by atoms with Crippen LogP contribution in [-0.2, 0) is 21.4 Å². The van der Waals surface area contributed by atoms with Gasteiger partial charge in [0.25, 0.3) is 0 Å². The number of benzene rings is 3. The Morgan fingerprint density at radius 1 is 0.938 bits per heavy atom. The maximum absolute atomic E-state index is 13.9. The maximum atomic E-state index is 13.9. The van der Waals surface area contributed by atoms with Gasteiger partial charge in [0.2, 0.25) is 5.91 Å². The summed E-state index contributed by atoms with van der Waals surface area (Å²) in [4.78, 5) is 22.1. The van der Waals surface area contributed by atoms with Gasteiger partial charge in [-0.2, -0.15) is 0 Å². The lowest BCUT2D eigenvalue weighted by Gasteiger charge is -2.37. The molecule has 5 nitrogen and oxygen atoms in total. The Balaban J connectivity index is 1.50. The standard InChI is InChI=1S/C27H27N3O2/c31-26(27(15-17-32-18-16-27)21-11-5-2-6-12-21)30-24(19-20-9-3-1-4-10-20)25-28-22-13-7-8-14-23(22)29-25/h1-14,24H,15-19H2,(H,28,29)(H,30,31). The maximum Gasteiger partial charge on any atom is 0.231 e. The van der Waals surface area contributed by atoms with Crippen LogP contribution in [0.4, 0.5) is 0 Å². The third-order valence-electron chi connectivity index (χ3n) is 6.43. The third-order valence-corrected chi connectivity index (χ3v) is 6.43.